The normalized spacial score (nSPS) is 10.1. The fraction of sp³-hybridized carbons (Fsp3) is 0.333. The summed E-state index contributed by atoms with van der Waals surface area (Å²) in [5.41, 5.74) is 0.321. The summed E-state index contributed by atoms with van der Waals surface area (Å²) in [6.45, 7) is 2.27. The van der Waals surface area contributed by atoms with Crippen molar-refractivity contribution in [2.45, 2.75) is 13.3 Å². The molecular weight excluding hydrogens is 364 g/mol. The van der Waals surface area contributed by atoms with Gasteiger partial charge in [0, 0.05) is 6.07 Å². The number of carbonyl (C=O) groups excluding carboxylic acids is 2. The monoisotopic (exact) mass is 388 g/mol. The topological polar surface area (TPSA) is 80.3 Å². The lowest BCUT2D eigenvalue weighted by Crippen LogP contribution is -2.16. The molecule has 0 unspecified atom stereocenters. The van der Waals surface area contributed by atoms with Crippen LogP contribution in [0, 0.1) is 0 Å². The lowest BCUT2D eigenvalue weighted by molar-refractivity contribution is -0.143. The Morgan fingerprint density at radius 1 is 0.857 bits per heavy atom. The van der Waals surface area contributed by atoms with E-state index >= 15 is 0 Å². The molecule has 7 heteroatoms. The Hall–Kier alpha value is -3.22. The molecule has 0 fully saturated rings. The number of hydrogen-bond acceptors (Lipinski definition) is 7. The maximum atomic E-state index is 12.3. The van der Waals surface area contributed by atoms with Crippen LogP contribution in [0.5, 0.6) is 23.0 Å². The zero-order chi connectivity index (χ0) is 20.4. The number of Topliss-reactive ketones (excluding diaryl/α,β-unsaturated/α-hetero) is 1. The molecule has 0 N–H and O–H groups in total. The highest BCUT2D eigenvalue weighted by molar-refractivity contribution is 6.00. The largest absolute Gasteiger partial charge is 0.497 e. The van der Waals surface area contributed by atoms with Gasteiger partial charge in [0.1, 0.15) is 23.0 Å². The van der Waals surface area contributed by atoms with Crippen LogP contribution in [0.4, 0.5) is 0 Å². The quantitative estimate of drug-likeness (QED) is 0.432. The first kappa shape index (κ1) is 21.1. The van der Waals surface area contributed by atoms with Crippen LogP contribution in [-0.2, 0) is 9.53 Å². The summed E-state index contributed by atoms with van der Waals surface area (Å²) in [7, 11) is 2.98. The average molecular weight is 388 g/mol. The van der Waals surface area contributed by atoms with Crippen molar-refractivity contribution in [1.82, 2.24) is 0 Å². The van der Waals surface area contributed by atoms with Gasteiger partial charge in [0.2, 0.25) is 5.78 Å². The highest BCUT2D eigenvalue weighted by Gasteiger charge is 2.15. The van der Waals surface area contributed by atoms with Crippen molar-refractivity contribution in [2.75, 3.05) is 34.0 Å². The fourth-order valence-corrected chi connectivity index (χ4v) is 2.38. The molecule has 7 nitrogen and oxygen atoms in total. The van der Waals surface area contributed by atoms with Gasteiger partial charge in [0.05, 0.1) is 39.4 Å². The summed E-state index contributed by atoms with van der Waals surface area (Å²) >= 11 is 0. The maximum absolute atomic E-state index is 12.3. The summed E-state index contributed by atoms with van der Waals surface area (Å²) < 4.78 is 26.1. The van der Waals surface area contributed by atoms with E-state index in [1.165, 1.54) is 14.2 Å². The Morgan fingerprint density at radius 3 is 2.11 bits per heavy atom. The lowest BCUT2D eigenvalue weighted by atomic mass is 10.1. The van der Waals surface area contributed by atoms with Crippen LogP contribution in [0.1, 0.15) is 23.7 Å². The van der Waals surface area contributed by atoms with E-state index in [0.717, 1.165) is 5.75 Å². The minimum atomic E-state index is -0.522. The zero-order valence-corrected chi connectivity index (χ0v) is 16.2. The zero-order valence-electron chi connectivity index (χ0n) is 16.2. The third kappa shape index (κ3) is 6.19. The Kier molecular flexibility index (Phi) is 8.14. The number of benzene rings is 2. The summed E-state index contributed by atoms with van der Waals surface area (Å²) in [4.78, 5) is 24.1. The number of carbonyl (C=O) groups is 2. The number of ether oxygens (including phenoxy) is 5. The number of esters is 1. The van der Waals surface area contributed by atoms with Crippen molar-refractivity contribution in [1.29, 1.82) is 0 Å². The van der Waals surface area contributed by atoms with Crippen molar-refractivity contribution in [3.63, 3.8) is 0 Å². The molecule has 0 amide bonds. The van der Waals surface area contributed by atoms with Crippen LogP contribution in [0.25, 0.3) is 0 Å². The SMILES string of the molecule is CCOc1ccc(OCCC(=O)OCC(=O)c2ccc(OC)cc2OC)cc1. The molecule has 2 aromatic carbocycles. The van der Waals surface area contributed by atoms with E-state index in [1.807, 2.05) is 6.92 Å². The van der Waals surface area contributed by atoms with Gasteiger partial charge in [0.25, 0.3) is 0 Å². The van der Waals surface area contributed by atoms with E-state index in [-0.39, 0.29) is 25.4 Å². The predicted octanol–water partition coefficient (Wildman–Crippen LogP) is 3.30. The van der Waals surface area contributed by atoms with E-state index in [1.54, 1.807) is 42.5 Å². The van der Waals surface area contributed by atoms with Gasteiger partial charge >= 0.3 is 5.97 Å². The van der Waals surface area contributed by atoms with Gasteiger partial charge in [-0.1, -0.05) is 0 Å². The van der Waals surface area contributed by atoms with Crippen LogP contribution in [0.3, 0.4) is 0 Å². The maximum Gasteiger partial charge on any atom is 0.309 e. The second-order valence-electron chi connectivity index (χ2n) is 5.65. The third-order valence-corrected chi connectivity index (χ3v) is 3.78. The molecule has 0 bridgehead atoms. The number of methoxy groups -OCH3 is 2. The third-order valence-electron chi connectivity index (χ3n) is 3.78. The van der Waals surface area contributed by atoms with E-state index in [4.69, 9.17) is 23.7 Å². The lowest BCUT2D eigenvalue weighted by Gasteiger charge is -2.10. The Morgan fingerprint density at radius 2 is 1.50 bits per heavy atom. The summed E-state index contributed by atoms with van der Waals surface area (Å²) in [5, 5.41) is 0. The molecule has 0 aliphatic rings. The van der Waals surface area contributed by atoms with E-state index in [2.05, 4.69) is 0 Å². The van der Waals surface area contributed by atoms with Gasteiger partial charge in [-0.25, -0.2) is 0 Å². The second kappa shape index (κ2) is 10.8. The van der Waals surface area contributed by atoms with Crippen LogP contribution in [0.2, 0.25) is 0 Å². The van der Waals surface area contributed by atoms with Crippen molar-refractivity contribution >= 4 is 11.8 Å². The Bertz CT molecular complexity index is 784. The van der Waals surface area contributed by atoms with Crippen LogP contribution in [-0.4, -0.2) is 45.8 Å². The van der Waals surface area contributed by atoms with Gasteiger partial charge < -0.3 is 23.7 Å². The van der Waals surface area contributed by atoms with Gasteiger partial charge in [-0.3, -0.25) is 9.59 Å². The molecule has 0 aromatic heterocycles. The van der Waals surface area contributed by atoms with Gasteiger partial charge in [-0.2, -0.15) is 0 Å². The molecule has 0 atom stereocenters. The summed E-state index contributed by atoms with van der Waals surface area (Å²) in [5.74, 6) is 1.42. The molecule has 0 aliphatic carbocycles. The predicted molar refractivity (Wildman–Crippen MR) is 103 cm³/mol. The molecule has 0 spiro atoms. The first-order chi connectivity index (χ1) is 13.6. The summed E-state index contributed by atoms with van der Waals surface area (Å²) in [6.07, 6.45) is 0.0280. The smallest absolute Gasteiger partial charge is 0.309 e. The molecule has 0 saturated carbocycles. The molecular formula is C21H24O7. The molecule has 150 valence electrons. The highest BCUT2D eigenvalue weighted by Crippen LogP contribution is 2.25. The van der Waals surface area contributed by atoms with Gasteiger partial charge in [0.15, 0.2) is 6.61 Å². The highest BCUT2D eigenvalue weighted by atomic mass is 16.5. The van der Waals surface area contributed by atoms with Crippen LogP contribution in [0.15, 0.2) is 42.5 Å². The molecule has 0 aliphatic heterocycles. The van der Waals surface area contributed by atoms with E-state index in [0.29, 0.717) is 29.4 Å². The van der Waals surface area contributed by atoms with Crippen molar-refractivity contribution in [2.24, 2.45) is 0 Å². The fourth-order valence-electron chi connectivity index (χ4n) is 2.38. The molecule has 0 heterocycles. The minimum Gasteiger partial charge on any atom is -0.497 e. The molecule has 0 radical (unpaired) electrons. The Labute approximate surface area is 164 Å². The molecule has 0 saturated heterocycles. The molecule has 2 rings (SSSR count). The number of rotatable bonds is 11. The van der Waals surface area contributed by atoms with E-state index in [9.17, 15) is 9.59 Å². The van der Waals surface area contributed by atoms with Gasteiger partial charge in [-0.05, 0) is 43.3 Å². The van der Waals surface area contributed by atoms with E-state index < -0.39 is 5.97 Å². The van der Waals surface area contributed by atoms with Crippen LogP contribution < -0.4 is 18.9 Å². The molecule has 2 aromatic rings. The number of hydrogen-bond donors (Lipinski definition) is 0. The van der Waals surface area contributed by atoms with Crippen molar-refractivity contribution in [3.05, 3.63) is 48.0 Å². The van der Waals surface area contributed by atoms with Gasteiger partial charge in [-0.15, -0.1) is 0 Å². The van der Waals surface area contributed by atoms with Crippen molar-refractivity contribution in [3.8, 4) is 23.0 Å². The Balaban J connectivity index is 1.77. The first-order valence-electron chi connectivity index (χ1n) is 8.84. The standard InChI is InChI=1S/C21H24O7/c1-4-26-15-5-7-16(8-6-15)27-12-11-21(23)28-14-19(22)18-10-9-17(24-2)13-20(18)25-3/h5-10,13H,4,11-12,14H2,1-3H3. The second-order valence-corrected chi connectivity index (χ2v) is 5.65. The van der Waals surface area contributed by atoms with Crippen LogP contribution >= 0.6 is 0 Å². The van der Waals surface area contributed by atoms with Crippen molar-refractivity contribution < 1.29 is 33.3 Å². The molecule has 28 heavy (non-hydrogen) atoms. The average Bonchev–Trinajstić information content (AvgIpc) is 2.73. The summed E-state index contributed by atoms with van der Waals surface area (Å²) in [6, 6.07) is 11.9. The first-order valence-corrected chi connectivity index (χ1v) is 8.84. The minimum absolute atomic E-state index is 0.0280. The number of ketones is 1.